The Balaban J connectivity index is 3.07. The van der Waals surface area contributed by atoms with Crippen molar-refractivity contribution in [2.45, 2.75) is 149 Å². The van der Waals surface area contributed by atoms with Crippen LogP contribution in [0.25, 0.3) is 0 Å². The molecular formula is C30H50O. The number of hydrogen-bond acceptors (Lipinski definition) is 1. The first kappa shape index (κ1) is 26.3. The van der Waals surface area contributed by atoms with Crippen LogP contribution in [-0.2, 0) is 29.1 Å². The van der Waals surface area contributed by atoms with Gasteiger partial charge in [0.15, 0.2) is 0 Å². The minimum Gasteiger partial charge on any atom is -0.507 e. The van der Waals surface area contributed by atoms with E-state index in [0.29, 0.717) is 5.75 Å². The third kappa shape index (κ3) is 5.17. The molecule has 0 fully saturated rings. The summed E-state index contributed by atoms with van der Waals surface area (Å²) in [5.41, 5.74) is 6.94. The van der Waals surface area contributed by atoms with Crippen molar-refractivity contribution in [1.82, 2.24) is 0 Å². The molecule has 176 valence electrons. The molecule has 1 N–H and O–H groups in total. The van der Waals surface area contributed by atoms with E-state index in [-0.39, 0.29) is 16.2 Å². The topological polar surface area (TPSA) is 20.2 Å². The summed E-state index contributed by atoms with van der Waals surface area (Å²) in [6.07, 6.45) is 16.6. The van der Waals surface area contributed by atoms with Crippen LogP contribution in [0.5, 0.6) is 5.75 Å². The lowest BCUT2D eigenvalue weighted by Crippen LogP contribution is -2.36. The van der Waals surface area contributed by atoms with Crippen molar-refractivity contribution in [2.24, 2.45) is 0 Å². The second-order valence-corrected chi connectivity index (χ2v) is 11.7. The fourth-order valence-electron chi connectivity index (χ4n) is 6.40. The Bertz CT molecular complexity index is 726. The average Bonchev–Trinajstić information content (AvgIpc) is 2.65. The summed E-state index contributed by atoms with van der Waals surface area (Å²) in [6.45, 7) is 20.8. The van der Waals surface area contributed by atoms with Crippen LogP contribution < -0.4 is 0 Å². The van der Waals surface area contributed by atoms with Crippen LogP contribution in [0.15, 0.2) is 0 Å². The minimum atomic E-state index is -0.0825. The van der Waals surface area contributed by atoms with Crippen LogP contribution in [0.2, 0.25) is 0 Å². The van der Waals surface area contributed by atoms with Gasteiger partial charge in [0.25, 0.3) is 0 Å². The number of hydrogen-bond donors (Lipinski definition) is 1. The van der Waals surface area contributed by atoms with E-state index in [1.165, 1.54) is 54.4 Å². The fourth-order valence-corrected chi connectivity index (χ4v) is 6.40. The number of unbranched alkanes of at least 4 members (excludes halogenated alkanes) is 1. The van der Waals surface area contributed by atoms with Gasteiger partial charge in [0.2, 0.25) is 0 Å². The molecule has 2 rings (SSSR count). The predicted octanol–water partition coefficient (Wildman–Crippen LogP) is 8.98. The number of fused-ring (bicyclic) bond motifs is 1. The van der Waals surface area contributed by atoms with E-state index in [2.05, 4.69) is 68.7 Å². The molecule has 0 spiro atoms. The van der Waals surface area contributed by atoms with Crippen molar-refractivity contribution >= 4 is 0 Å². The minimum absolute atomic E-state index is 0.00914. The molecular weight excluding hydrogens is 376 g/mol. The van der Waals surface area contributed by atoms with Crippen molar-refractivity contribution in [2.75, 3.05) is 0 Å². The zero-order valence-corrected chi connectivity index (χ0v) is 22.2. The van der Waals surface area contributed by atoms with Crippen molar-refractivity contribution in [3.63, 3.8) is 0 Å². The van der Waals surface area contributed by atoms with E-state index < -0.39 is 0 Å². The summed E-state index contributed by atoms with van der Waals surface area (Å²) in [5.74, 6) is 0.608. The van der Waals surface area contributed by atoms with Gasteiger partial charge in [-0.25, -0.2) is 0 Å². The van der Waals surface area contributed by atoms with Crippen LogP contribution in [0, 0.1) is 6.42 Å². The predicted molar refractivity (Wildman–Crippen MR) is 136 cm³/mol. The first-order valence-corrected chi connectivity index (χ1v) is 13.2. The van der Waals surface area contributed by atoms with Crippen LogP contribution in [0.1, 0.15) is 148 Å². The molecule has 1 aromatic rings. The van der Waals surface area contributed by atoms with Crippen molar-refractivity contribution in [3.05, 3.63) is 34.2 Å². The first-order chi connectivity index (χ1) is 14.5. The quantitative estimate of drug-likeness (QED) is 0.396. The fraction of sp³-hybridized carbons (Fsp3) is 0.767. The third-order valence-electron chi connectivity index (χ3n) is 7.38. The molecule has 0 saturated carbocycles. The summed E-state index contributed by atoms with van der Waals surface area (Å²) in [7, 11) is 0. The highest BCUT2D eigenvalue weighted by atomic mass is 16.3. The Morgan fingerprint density at radius 3 is 2.00 bits per heavy atom. The van der Waals surface area contributed by atoms with Crippen LogP contribution in [0.3, 0.4) is 0 Å². The summed E-state index contributed by atoms with van der Waals surface area (Å²) in [6, 6.07) is 0. The van der Waals surface area contributed by atoms with E-state index in [9.17, 15) is 5.11 Å². The molecule has 0 saturated heterocycles. The highest BCUT2D eigenvalue weighted by Crippen LogP contribution is 2.54. The lowest BCUT2D eigenvalue weighted by molar-refractivity contribution is 0.356. The van der Waals surface area contributed by atoms with Crippen molar-refractivity contribution < 1.29 is 5.11 Å². The van der Waals surface area contributed by atoms with Gasteiger partial charge in [0.05, 0.1) is 0 Å². The molecule has 0 aliphatic heterocycles. The van der Waals surface area contributed by atoms with Gasteiger partial charge in [0, 0.05) is 16.5 Å². The van der Waals surface area contributed by atoms with E-state index in [0.717, 1.165) is 38.5 Å². The second kappa shape index (κ2) is 10.3. The largest absolute Gasteiger partial charge is 0.507 e. The number of phenolic OH excluding ortho intramolecular Hbond substituents is 1. The van der Waals surface area contributed by atoms with E-state index in [4.69, 9.17) is 0 Å². The highest BCUT2D eigenvalue weighted by molar-refractivity contribution is 5.63. The molecule has 1 heteroatoms. The molecule has 31 heavy (non-hydrogen) atoms. The summed E-state index contributed by atoms with van der Waals surface area (Å²) < 4.78 is 0. The number of aromatic hydroxyl groups is 1. The van der Waals surface area contributed by atoms with Gasteiger partial charge in [-0.3, -0.25) is 0 Å². The Labute approximate surface area is 194 Å². The molecule has 1 aliphatic carbocycles. The van der Waals surface area contributed by atoms with Gasteiger partial charge in [-0.15, -0.1) is 0 Å². The Hall–Kier alpha value is -0.980. The van der Waals surface area contributed by atoms with E-state index >= 15 is 0 Å². The molecule has 0 heterocycles. The molecule has 0 amide bonds. The number of phenols is 1. The summed E-state index contributed by atoms with van der Waals surface area (Å²) in [4.78, 5) is 0. The molecule has 0 atom stereocenters. The van der Waals surface area contributed by atoms with Gasteiger partial charge >= 0.3 is 0 Å². The molecule has 0 aromatic heterocycles. The Morgan fingerprint density at radius 2 is 1.52 bits per heavy atom. The molecule has 2 radical (unpaired) electrons. The summed E-state index contributed by atoms with van der Waals surface area (Å²) >= 11 is 0. The average molecular weight is 427 g/mol. The zero-order chi connectivity index (χ0) is 23.4. The van der Waals surface area contributed by atoms with Crippen LogP contribution in [-0.4, -0.2) is 5.11 Å². The smallest absolute Gasteiger partial charge is 0.123 e. The third-order valence-corrected chi connectivity index (χ3v) is 7.38. The maximum absolute atomic E-state index is 11.8. The van der Waals surface area contributed by atoms with Crippen LogP contribution in [0.4, 0.5) is 0 Å². The first-order valence-electron chi connectivity index (χ1n) is 13.2. The van der Waals surface area contributed by atoms with Gasteiger partial charge in [-0.1, -0.05) is 88.0 Å². The van der Waals surface area contributed by atoms with E-state index in [1.54, 1.807) is 5.56 Å². The second-order valence-electron chi connectivity index (χ2n) is 11.7. The lowest BCUT2D eigenvalue weighted by atomic mass is 9.59. The van der Waals surface area contributed by atoms with Gasteiger partial charge in [-0.05, 0) is 78.9 Å². The Morgan fingerprint density at radius 1 is 0.903 bits per heavy atom. The maximum Gasteiger partial charge on any atom is 0.123 e. The normalized spacial score (nSPS) is 16.4. The van der Waals surface area contributed by atoms with Crippen molar-refractivity contribution in [1.29, 1.82) is 0 Å². The van der Waals surface area contributed by atoms with Gasteiger partial charge < -0.3 is 5.11 Å². The number of benzene rings is 1. The molecule has 1 aliphatic rings. The van der Waals surface area contributed by atoms with Crippen molar-refractivity contribution in [3.8, 4) is 5.75 Å². The van der Waals surface area contributed by atoms with Gasteiger partial charge in [0.1, 0.15) is 5.75 Å². The van der Waals surface area contributed by atoms with E-state index in [1.807, 2.05) is 0 Å². The molecule has 0 unspecified atom stereocenters. The van der Waals surface area contributed by atoms with Gasteiger partial charge in [-0.2, -0.15) is 0 Å². The molecule has 0 bridgehead atoms. The van der Waals surface area contributed by atoms with Crippen LogP contribution >= 0.6 is 0 Å². The monoisotopic (exact) mass is 426 g/mol. The number of rotatable bonds is 10. The highest BCUT2D eigenvalue weighted by Gasteiger charge is 2.43. The zero-order valence-electron chi connectivity index (χ0n) is 22.2. The maximum atomic E-state index is 11.8. The standard InChI is InChI=1S/C30H50O/c1-10-14-21-30(18-12-3,19-13-4)24-22(16-11-2)25(28(5,6)7)27(31)26-23(24)17-15-20-29(26,8)9/h31H,10-20H2,1-9H3. The molecule has 1 aromatic carbocycles. The lowest BCUT2D eigenvalue weighted by Gasteiger charge is -2.45. The SMILES string of the molecule is CCC[C]C(CCC)(CCC)c1c(CCC)c(C(C)(C)C)c(O)c2c1CCCC2(C)C. The summed E-state index contributed by atoms with van der Waals surface area (Å²) in [5, 5.41) is 11.8. The Kier molecular flexibility index (Phi) is 8.73. The molecule has 1 nitrogen and oxygen atoms in total.